The Morgan fingerprint density at radius 3 is 2.70 bits per heavy atom. The zero-order chi connectivity index (χ0) is 20.0. The Labute approximate surface area is 154 Å². The van der Waals surface area contributed by atoms with E-state index < -0.39 is 30.6 Å². The molecule has 0 spiro atoms. The van der Waals surface area contributed by atoms with E-state index in [-0.39, 0.29) is 13.0 Å². The SMILES string of the molecule is COc1cccc(CN2CCNC(=O)[C@H]2CC(=O)NCC(F)(F)F)c1OC. The third-order valence-electron chi connectivity index (χ3n) is 4.16. The van der Waals surface area contributed by atoms with Crippen LogP contribution in [0.2, 0.25) is 0 Å². The van der Waals surface area contributed by atoms with Crippen LogP contribution in [0.1, 0.15) is 12.0 Å². The van der Waals surface area contributed by atoms with Crippen molar-refractivity contribution in [3.8, 4) is 11.5 Å². The molecule has 10 heteroatoms. The van der Waals surface area contributed by atoms with Crippen LogP contribution in [-0.2, 0) is 16.1 Å². The molecular formula is C17H22F3N3O4. The molecule has 1 aliphatic rings. The predicted molar refractivity (Wildman–Crippen MR) is 90.4 cm³/mol. The fourth-order valence-corrected chi connectivity index (χ4v) is 2.92. The number of nitrogens with zero attached hydrogens (tertiary/aromatic N) is 1. The molecule has 1 fully saturated rings. The number of amides is 2. The fraction of sp³-hybridized carbons (Fsp3) is 0.529. The van der Waals surface area contributed by atoms with E-state index >= 15 is 0 Å². The van der Waals surface area contributed by atoms with Gasteiger partial charge >= 0.3 is 6.18 Å². The third-order valence-corrected chi connectivity index (χ3v) is 4.16. The van der Waals surface area contributed by atoms with Gasteiger partial charge in [-0.3, -0.25) is 14.5 Å². The van der Waals surface area contributed by atoms with Gasteiger partial charge in [0, 0.05) is 25.2 Å². The van der Waals surface area contributed by atoms with Crippen LogP contribution < -0.4 is 20.1 Å². The van der Waals surface area contributed by atoms with Gasteiger partial charge in [0.15, 0.2) is 11.5 Å². The molecule has 0 aliphatic carbocycles. The highest BCUT2D eigenvalue weighted by Crippen LogP contribution is 2.32. The van der Waals surface area contributed by atoms with Crippen molar-refractivity contribution in [3.05, 3.63) is 23.8 Å². The summed E-state index contributed by atoms with van der Waals surface area (Å²) in [4.78, 5) is 25.8. The van der Waals surface area contributed by atoms with Crippen molar-refractivity contribution in [2.75, 3.05) is 33.9 Å². The lowest BCUT2D eigenvalue weighted by molar-refractivity contribution is -0.141. The van der Waals surface area contributed by atoms with Gasteiger partial charge < -0.3 is 20.1 Å². The predicted octanol–water partition coefficient (Wildman–Crippen LogP) is 1.07. The number of methoxy groups -OCH3 is 2. The maximum absolute atomic E-state index is 12.3. The highest BCUT2D eigenvalue weighted by Gasteiger charge is 2.34. The van der Waals surface area contributed by atoms with Crippen molar-refractivity contribution in [2.45, 2.75) is 25.2 Å². The molecule has 1 heterocycles. The Morgan fingerprint density at radius 2 is 2.07 bits per heavy atom. The number of ether oxygens (including phenoxy) is 2. The summed E-state index contributed by atoms with van der Waals surface area (Å²) in [5.74, 6) is -0.204. The summed E-state index contributed by atoms with van der Waals surface area (Å²) in [7, 11) is 3.00. The number of hydrogen-bond donors (Lipinski definition) is 2. The van der Waals surface area contributed by atoms with E-state index in [0.717, 1.165) is 5.56 Å². The van der Waals surface area contributed by atoms with Crippen LogP contribution in [0.3, 0.4) is 0 Å². The van der Waals surface area contributed by atoms with E-state index in [2.05, 4.69) is 5.32 Å². The van der Waals surface area contributed by atoms with E-state index in [9.17, 15) is 22.8 Å². The van der Waals surface area contributed by atoms with Crippen LogP contribution in [0, 0.1) is 0 Å². The second-order valence-electron chi connectivity index (χ2n) is 6.03. The first kappa shape index (κ1) is 20.8. The van der Waals surface area contributed by atoms with Crippen molar-refractivity contribution in [2.24, 2.45) is 0 Å². The zero-order valence-corrected chi connectivity index (χ0v) is 15.1. The number of para-hydroxylation sites is 1. The van der Waals surface area contributed by atoms with Crippen LogP contribution in [0.5, 0.6) is 11.5 Å². The largest absolute Gasteiger partial charge is 0.493 e. The number of carbonyl (C=O) groups excluding carboxylic acids is 2. The first-order valence-corrected chi connectivity index (χ1v) is 8.30. The topological polar surface area (TPSA) is 79.9 Å². The summed E-state index contributed by atoms with van der Waals surface area (Å²) in [6.45, 7) is -0.315. The molecule has 0 bridgehead atoms. The molecule has 1 aliphatic heterocycles. The number of alkyl halides is 3. The molecule has 1 atom stereocenters. The monoisotopic (exact) mass is 389 g/mol. The Kier molecular flexibility index (Phi) is 6.89. The standard InChI is InChI=1S/C17H22F3N3O4/c1-26-13-5-3-4-11(15(13)27-2)9-23-7-6-21-16(25)12(23)8-14(24)22-10-17(18,19)20/h3-5,12H,6-10H2,1-2H3,(H,21,25)(H,22,24)/t12-/m1/s1. The number of piperazine rings is 1. The first-order chi connectivity index (χ1) is 12.7. The molecule has 2 amide bonds. The van der Waals surface area contributed by atoms with Gasteiger partial charge in [-0.05, 0) is 6.07 Å². The average molecular weight is 389 g/mol. The lowest BCUT2D eigenvalue weighted by Crippen LogP contribution is -2.56. The van der Waals surface area contributed by atoms with Crippen molar-refractivity contribution >= 4 is 11.8 Å². The van der Waals surface area contributed by atoms with Crippen LogP contribution in [0.4, 0.5) is 13.2 Å². The van der Waals surface area contributed by atoms with Gasteiger partial charge in [-0.1, -0.05) is 12.1 Å². The molecule has 0 aromatic heterocycles. The molecule has 0 unspecified atom stereocenters. The maximum atomic E-state index is 12.3. The molecule has 2 N–H and O–H groups in total. The van der Waals surface area contributed by atoms with E-state index in [0.29, 0.717) is 24.6 Å². The van der Waals surface area contributed by atoms with Crippen molar-refractivity contribution in [1.82, 2.24) is 15.5 Å². The first-order valence-electron chi connectivity index (χ1n) is 8.30. The molecule has 1 saturated heterocycles. The highest BCUT2D eigenvalue weighted by atomic mass is 19.4. The van der Waals surface area contributed by atoms with Crippen LogP contribution in [0.15, 0.2) is 18.2 Å². The van der Waals surface area contributed by atoms with Crippen LogP contribution in [0.25, 0.3) is 0 Å². The average Bonchev–Trinajstić information content (AvgIpc) is 2.62. The summed E-state index contributed by atoms with van der Waals surface area (Å²) in [6.07, 6.45) is -4.87. The van der Waals surface area contributed by atoms with E-state index in [4.69, 9.17) is 9.47 Å². The number of halogens is 3. The third kappa shape index (κ3) is 5.75. The lowest BCUT2D eigenvalue weighted by Gasteiger charge is -2.35. The molecule has 0 radical (unpaired) electrons. The van der Waals surface area contributed by atoms with Crippen LogP contribution in [-0.4, -0.2) is 62.8 Å². The van der Waals surface area contributed by atoms with E-state index in [1.54, 1.807) is 28.4 Å². The molecule has 7 nitrogen and oxygen atoms in total. The minimum atomic E-state index is -4.50. The Balaban J connectivity index is 2.12. The zero-order valence-electron chi connectivity index (χ0n) is 15.1. The van der Waals surface area contributed by atoms with Crippen molar-refractivity contribution in [1.29, 1.82) is 0 Å². The molecule has 27 heavy (non-hydrogen) atoms. The number of nitrogens with one attached hydrogen (secondary N) is 2. The van der Waals surface area contributed by atoms with Crippen molar-refractivity contribution < 1.29 is 32.2 Å². The highest BCUT2D eigenvalue weighted by molar-refractivity contribution is 5.88. The maximum Gasteiger partial charge on any atom is 0.405 e. The van der Waals surface area contributed by atoms with Gasteiger partial charge in [-0.15, -0.1) is 0 Å². The molecule has 150 valence electrons. The van der Waals surface area contributed by atoms with Gasteiger partial charge in [-0.25, -0.2) is 0 Å². The van der Waals surface area contributed by atoms with Gasteiger partial charge in [-0.2, -0.15) is 13.2 Å². The van der Waals surface area contributed by atoms with Gasteiger partial charge in [0.1, 0.15) is 6.54 Å². The Hall–Kier alpha value is -2.49. The smallest absolute Gasteiger partial charge is 0.405 e. The second kappa shape index (κ2) is 8.94. The summed E-state index contributed by atoms with van der Waals surface area (Å²) in [6, 6.07) is 4.43. The molecule has 1 aromatic rings. The number of hydrogen-bond acceptors (Lipinski definition) is 5. The molecule has 0 saturated carbocycles. The molecular weight excluding hydrogens is 367 g/mol. The van der Waals surface area contributed by atoms with Crippen LogP contribution >= 0.6 is 0 Å². The van der Waals surface area contributed by atoms with Gasteiger partial charge in [0.05, 0.1) is 26.7 Å². The number of benzene rings is 1. The number of carbonyl (C=O) groups is 2. The minimum absolute atomic E-state index is 0.283. The Bertz CT molecular complexity index is 682. The summed E-state index contributed by atoms with van der Waals surface area (Å²) < 4.78 is 47.4. The van der Waals surface area contributed by atoms with E-state index in [1.165, 1.54) is 14.2 Å². The quantitative estimate of drug-likeness (QED) is 0.730. The van der Waals surface area contributed by atoms with Gasteiger partial charge in [0.25, 0.3) is 0 Å². The molecule has 1 aromatic carbocycles. The fourth-order valence-electron chi connectivity index (χ4n) is 2.92. The van der Waals surface area contributed by atoms with Crippen molar-refractivity contribution in [3.63, 3.8) is 0 Å². The van der Waals surface area contributed by atoms with E-state index in [1.807, 2.05) is 0 Å². The Morgan fingerprint density at radius 1 is 1.33 bits per heavy atom. The summed E-state index contributed by atoms with van der Waals surface area (Å²) in [5.41, 5.74) is 0.743. The summed E-state index contributed by atoms with van der Waals surface area (Å²) in [5, 5.41) is 4.44. The normalized spacial score (nSPS) is 18.0. The van der Waals surface area contributed by atoms with Gasteiger partial charge in [0.2, 0.25) is 11.8 Å². The summed E-state index contributed by atoms with van der Waals surface area (Å²) >= 11 is 0. The molecule has 2 rings (SSSR count). The number of rotatable bonds is 7. The minimum Gasteiger partial charge on any atom is -0.493 e. The lowest BCUT2D eigenvalue weighted by atomic mass is 10.1. The second-order valence-corrected chi connectivity index (χ2v) is 6.03.